The minimum atomic E-state index is -0.178. The van der Waals surface area contributed by atoms with E-state index in [2.05, 4.69) is 16.8 Å². The van der Waals surface area contributed by atoms with Gasteiger partial charge in [0.25, 0.3) is 5.91 Å². The Morgan fingerprint density at radius 2 is 1.73 bits per heavy atom. The van der Waals surface area contributed by atoms with Crippen LogP contribution in [0.5, 0.6) is 0 Å². The first kappa shape index (κ1) is 18.1. The lowest BCUT2D eigenvalue weighted by molar-refractivity contribution is 0.0645. The number of H-pyrrole nitrogens is 1. The average Bonchev–Trinajstić information content (AvgIpc) is 3.17. The van der Waals surface area contributed by atoms with Crippen LogP contribution in [0, 0.1) is 5.82 Å². The molecule has 4 rings (SSSR count). The summed E-state index contributed by atoms with van der Waals surface area (Å²) >= 11 is 0. The standard InChI is InChI=1S/C15H19N3O.C6H5F/c1-2-17-8-10-18(11-9-17)15(19)13-5-3-4-12-6-7-16-14(12)13;7-6-4-2-1-3-5-6/h3-7,16H,2,8-11H2,1H3;1-5H. The number of piperazine rings is 1. The number of fused-ring (bicyclic) bond motifs is 1. The van der Waals surface area contributed by atoms with Crippen LogP contribution in [-0.4, -0.2) is 53.4 Å². The lowest BCUT2D eigenvalue weighted by atomic mass is 10.1. The van der Waals surface area contributed by atoms with Gasteiger partial charge in [-0.25, -0.2) is 4.39 Å². The molecule has 0 atom stereocenters. The molecule has 1 fully saturated rings. The molecule has 0 bridgehead atoms. The Bertz CT molecular complexity index is 839. The molecule has 1 aromatic heterocycles. The molecule has 1 saturated heterocycles. The van der Waals surface area contributed by atoms with Crippen molar-refractivity contribution in [2.45, 2.75) is 6.92 Å². The first-order chi connectivity index (χ1) is 12.7. The van der Waals surface area contributed by atoms with Gasteiger partial charge in [-0.3, -0.25) is 4.79 Å². The summed E-state index contributed by atoms with van der Waals surface area (Å²) in [6.45, 7) is 6.82. The Morgan fingerprint density at radius 3 is 2.35 bits per heavy atom. The van der Waals surface area contributed by atoms with E-state index < -0.39 is 0 Å². The highest BCUT2D eigenvalue weighted by atomic mass is 19.1. The van der Waals surface area contributed by atoms with Crippen LogP contribution < -0.4 is 0 Å². The fourth-order valence-corrected chi connectivity index (χ4v) is 3.12. The summed E-state index contributed by atoms with van der Waals surface area (Å²) in [5.74, 6) is -0.0358. The Morgan fingerprint density at radius 1 is 1.00 bits per heavy atom. The maximum absolute atomic E-state index is 12.6. The van der Waals surface area contributed by atoms with E-state index in [-0.39, 0.29) is 11.7 Å². The van der Waals surface area contributed by atoms with Crippen LogP contribution in [-0.2, 0) is 0 Å². The van der Waals surface area contributed by atoms with E-state index in [0.717, 1.165) is 49.2 Å². The quantitative estimate of drug-likeness (QED) is 0.762. The fraction of sp³-hybridized carbons (Fsp3) is 0.286. The molecule has 0 aliphatic carbocycles. The van der Waals surface area contributed by atoms with E-state index in [1.807, 2.05) is 35.4 Å². The molecule has 1 amide bonds. The maximum atomic E-state index is 12.6. The molecule has 3 aromatic rings. The van der Waals surface area contributed by atoms with Gasteiger partial charge in [0, 0.05) is 37.8 Å². The predicted octanol–water partition coefficient (Wildman–Crippen LogP) is 3.77. The number of aromatic nitrogens is 1. The molecule has 0 saturated carbocycles. The second kappa shape index (κ2) is 8.63. The number of para-hydroxylation sites is 1. The van der Waals surface area contributed by atoms with Crippen molar-refractivity contribution in [2.24, 2.45) is 0 Å². The molecule has 0 radical (unpaired) electrons. The second-order valence-corrected chi connectivity index (χ2v) is 6.27. The normalized spacial score (nSPS) is 14.8. The van der Waals surface area contributed by atoms with E-state index >= 15 is 0 Å². The fourth-order valence-electron chi connectivity index (χ4n) is 3.12. The number of amides is 1. The molecular formula is C21H24FN3O. The molecule has 1 aliphatic heterocycles. The minimum Gasteiger partial charge on any atom is -0.361 e. The third-order valence-corrected chi connectivity index (χ3v) is 4.66. The van der Waals surface area contributed by atoms with Crippen molar-refractivity contribution in [2.75, 3.05) is 32.7 Å². The SMILES string of the molecule is CCN1CCN(C(=O)c2cccc3cc[nH]c23)CC1.Fc1ccccc1. The summed E-state index contributed by atoms with van der Waals surface area (Å²) < 4.78 is 11.9. The predicted molar refractivity (Wildman–Crippen MR) is 103 cm³/mol. The van der Waals surface area contributed by atoms with Crippen LogP contribution >= 0.6 is 0 Å². The van der Waals surface area contributed by atoms with Gasteiger partial charge in [-0.1, -0.05) is 37.3 Å². The first-order valence-corrected chi connectivity index (χ1v) is 8.97. The molecule has 1 aliphatic rings. The Kier molecular flexibility index (Phi) is 6.02. The van der Waals surface area contributed by atoms with Gasteiger partial charge in [-0.15, -0.1) is 0 Å². The van der Waals surface area contributed by atoms with E-state index in [4.69, 9.17) is 0 Å². The topological polar surface area (TPSA) is 39.3 Å². The third kappa shape index (κ3) is 4.29. The molecule has 26 heavy (non-hydrogen) atoms. The highest BCUT2D eigenvalue weighted by Crippen LogP contribution is 2.19. The Labute approximate surface area is 153 Å². The smallest absolute Gasteiger partial charge is 0.256 e. The highest BCUT2D eigenvalue weighted by Gasteiger charge is 2.22. The average molecular weight is 353 g/mol. The van der Waals surface area contributed by atoms with E-state index in [1.54, 1.807) is 18.2 Å². The molecule has 2 aromatic carbocycles. The van der Waals surface area contributed by atoms with Crippen LogP contribution in [0.2, 0.25) is 0 Å². The number of nitrogens with zero attached hydrogens (tertiary/aromatic N) is 2. The monoisotopic (exact) mass is 353 g/mol. The van der Waals surface area contributed by atoms with E-state index in [9.17, 15) is 9.18 Å². The molecule has 0 unspecified atom stereocenters. The van der Waals surface area contributed by atoms with Crippen LogP contribution in [0.3, 0.4) is 0 Å². The second-order valence-electron chi connectivity index (χ2n) is 6.27. The van der Waals surface area contributed by atoms with Gasteiger partial charge in [0.1, 0.15) is 5.82 Å². The number of hydrogen-bond donors (Lipinski definition) is 1. The number of carbonyl (C=O) groups excluding carboxylic acids is 1. The lowest BCUT2D eigenvalue weighted by Crippen LogP contribution is -2.48. The van der Waals surface area contributed by atoms with Gasteiger partial charge < -0.3 is 14.8 Å². The van der Waals surface area contributed by atoms with E-state index in [1.165, 1.54) is 12.1 Å². The number of aromatic amines is 1. The van der Waals surface area contributed by atoms with Crippen molar-refractivity contribution in [1.82, 2.24) is 14.8 Å². The van der Waals surface area contributed by atoms with Gasteiger partial charge in [-0.2, -0.15) is 0 Å². The molecule has 0 spiro atoms. The molecule has 1 N–H and O–H groups in total. The van der Waals surface area contributed by atoms with Crippen molar-refractivity contribution in [3.8, 4) is 0 Å². The number of carbonyl (C=O) groups is 1. The Balaban J connectivity index is 0.000000236. The summed E-state index contributed by atoms with van der Waals surface area (Å²) in [7, 11) is 0. The number of hydrogen-bond acceptors (Lipinski definition) is 2. The summed E-state index contributed by atoms with van der Waals surface area (Å²) in [5.41, 5.74) is 1.73. The molecule has 2 heterocycles. The van der Waals surface area contributed by atoms with Gasteiger partial charge in [0.2, 0.25) is 0 Å². The van der Waals surface area contributed by atoms with Crippen LogP contribution in [0.4, 0.5) is 4.39 Å². The number of benzene rings is 2. The van der Waals surface area contributed by atoms with Crippen molar-refractivity contribution >= 4 is 16.8 Å². The summed E-state index contributed by atoms with van der Waals surface area (Å²) in [4.78, 5) is 20.1. The summed E-state index contributed by atoms with van der Waals surface area (Å²) in [6, 6.07) is 15.8. The molecule has 136 valence electrons. The van der Waals surface area contributed by atoms with Crippen molar-refractivity contribution < 1.29 is 9.18 Å². The van der Waals surface area contributed by atoms with Gasteiger partial charge in [-0.05, 0) is 30.8 Å². The van der Waals surface area contributed by atoms with Crippen LogP contribution in [0.1, 0.15) is 17.3 Å². The zero-order valence-corrected chi connectivity index (χ0v) is 15.0. The van der Waals surface area contributed by atoms with E-state index in [0.29, 0.717) is 0 Å². The lowest BCUT2D eigenvalue weighted by Gasteiger charge is -2.34. The minimum absolute atomic E-state index is 0.142. The van der Waals surface area contributed by atoms with Gasteiger partial charge >= 0.3 is 0 Å². The number of nitrogens with one attached hydrogen (secondary N) is 1. The number of likely N-dealkylation sites (N-methyl/N-ethyl adjacent to an activating group) is 1. The zero-order valence-electron chi connectivity index (χ0n) is 15.0. The Hall–Kier alpha value is -2.66. The number of rotatable bonds is 2. The third-order valence-electron chi connectivity index (χ3n) is 4.66. The summed E-state index contributed by atoms with van der Waals surface area (Å²) in [5, 5.41) is 1.10. The summed E-state index contributed by atoms with van der Waals surface area (Å²) in [6.07, 6.45) is 1.89. The van der Waals surface area contributed by atoms with Crippen molar-refractivity contribution in [1.29, 1.82) is 0 Å². The largest absolute Gasteiger partial charge is 0.361 e. The first-order valence-electron chi connectivity index (χ1n) is 8.97. The van der Waals surface area contributed by atoms with Crippen LogP contribution in [0.15, 0.2) is 60.8 Å². The van der Waals surface area contributed by atoms with Crippen molar-refractivity contribution in [3.05, 3.63) is 72.2 Å². The molecule has 4 nitrogen and oxygen atoms in total. The van der Waals surface area contributed by atoms with Gasteiger partial charge in [0.05, 0.1) is 11.1 Å². The van der Waals surface area contributed by atoms with Crippen molar-refractivity contribution in [3.63, 3.8) is 0 Å². The van der Waals surface area contributed by atoms with Crippen LogP contribution in [0.25, 0.3) is 10.9 Å². The maximum Gasteiger partial charge on any atom is 0.256 e. The zero-order chi connectivity index (χ0) is 18.4. The van der Waals surface area contributed by atoms with Gasteiger partial charge in [0.15, 0.2) is 0 Å². The molecule has 5 heteroatoms. The molecular weight excluding hydrogens is 329 g/mol. The highest BCUT2D eigenvalue weighted by molar-refractivity contribution is 6.05. The number of halogens is 1.